The fourth-order valence-electron chi connectivity index (χ4n) is 2.84. The van der Waals surface area contributed by atoms with Crippen molar-refractivity contribution in [1.29, 1.82) is 5.26 Å². The highest BCUT2D eigenvalue weighted by molar-refractivity contribution is 5.81. The quantitative estimate of drug-likeness (QED) is 0.613. The van der Waals surface area contributed by atoms with Gasteiger partial charge in [-0.25, -0.2) is 0 Å². The molecule has 0 spiro atoms. The van der Waals surface area contributed by atoms with Crippen molar-refractivity contribution in [3.63, 3.8) is 0 Å². The van der Waals surface area contributed by atoms with Crippen LogP contribution in [0.25, 0.3) is 11.1 Å². The number of carbonyl (C=O) groups is 3. The topological polar surface area (TPSA) is 127 Å². The van der Waals surface area contributed by atoms with Gasteiger partial charge in [-0.1, -0.05) is 42.5 Å². The number of nitriles is 1. The number of nitrogens with zero attached hydrogens (tertiary/aromatic N) is 1. The predicted molar refractivity (Wildman–Crippen MR) is 101 cm³/mol. The molecular formula is C21H20N2O5. The SMILES string of the molecule is N#Cc1ccccc1-c1ccc(CC(CC(=O)O)NC(=O)CCC(=O)O)cc1. The first kappa shape index (κ1) is 20.6. The summed E-state index contributed by atoms with van der Waals surface area (Å²) in [6.07, 6.45) is -0.475. The molecule has 1 unspecified atom stereocenters. The van der Waals surface area contributed by atoms with Crippen LogP contribution in [0.1, 0.15) is 30.4 Å². The minimum absolute atomic E-state index is 0.199. The zero-order chi connectivity index (χ0) is 20.5. The highest BCUT2D eigenvalue weighted by atomic mass is 16.4. The average Bonchev–Trinajstić information content (AvgIpc) is 2.66. The molecule has 0 aliphatic carbocycles. The van der Waals surface area contributed by atoms with Crippen molar-refractivity contribution < 1.29 is 24.6 Å². The molecule has 0 radical (unpaired) electrons. The fraction of sp³-hybridized carbons (Fsp3) is 0.238. The Balaban J connectivity index is 2.09. The van der Waals surface area contributed by atoms with Gasteiger partial charge in [0.05, 0.1) is 24.5 Å². The molecule has 2 rings (SSSR count). The van der Waals surface area contributed by atoms with Gasteiger partial charge in [-0.05, 0) is 29.2 Å². The van der Waals surface area contributed by atoms with E-state index < -0.39 is 23.9 Å². The van der Waals surface area contributed by atoms with Crippen LogP contribution in [0.2, 0.25) is 0 Å². The minimum atomic E-state index is -1.09. The van der Waals surface area contributed by atoms with Crippen LogP contribution in [-0.4, -0.2) is 34.1 Å². The average molecular weight is 380 g/mol. The second-order valence-corrected chi connectivity index (χ2v) is 6.31. The Hall–Kier alpha value is -3.66. The van der Waals surface area contributed by atoms with Crippen molar-refractivity contribution in [3.8, 4) is 17.2 Å². The molecule has 0 aliphatic heterocycles. The lowest BCUT2D eigenvalue weighted by Gasteiger charge is -2.17. The van der Waals surface area contributed by atoms with Crippen molar-refractivity contribution in [1.82, 2.24) is 5.32 Å². The van der Waals surface area contributed by atoms with Gasteiger partial charge >= 0.3 is 11.9 Å². The molecule has 2 aromatic rings. The second-order valence-electron chi connectivity index (χ2n) is 6.31. The maximum Gasteiger partial charge on any atom is 0.305 e. The molecule has 0 aliphatic rings. The third kappa shape index (κ3) is 6.25. The lowest BCUT2D eigenvalue weighted by molar-refractivity contribution is -0.140. The Labute approximate surface area is 162 Å². The molecule has 2 aromatic carbocycles. The zero-order valence-corrected chi connectivity index (χ0v) is 15.1. The van der Waals surface area contributed by atoms with E-state index in [-0.39, 0.29) is 19.3 Å². The number of rotatable bonds is 9. The van der Waals surface area contributed by atoms with Gasteiger partial charge in [0.25, 0.3) is 0 Å². The molecule has 0 fully saturated rings. The molecule has 144 valence electrons. The first-order valence-electron chi connectivity index (χ1n) is 8.70. The Kier molecular flexibility index (Phi) is 7.28. The summed E-state index contributed by atoms with van der Waals surface area (Å²) in [7, 11) is 0. The van der Waals surface area contributed by atoms with Crippen molar-refractivity contribution in [3.05, 3.63) is 59.7 Å². The van der Waals surface area contributed by atoms with Crippen LogP contribution < -0.4 is 5.32 Å². The van der Waals surface area contributed by atoms with Crippen LogP contribution in [0.4, 0.5) is 0 Å². The van der Waals surface area contributed by atoms with E-state index in [0.29, 0.717) is 12.0 Å². The number of aliphatic carboxylic acids is 2. The molecule has 0 heterocycles. The van der Waals surface area contributed by atoms with E-state index >= 15 is 0 Å². The summed E-state index contributed by atoms with van der Waals surface area (Å²) in [5.41, 5.74) is 3.05. The molecule has 1 atom stereocenters. The van der Waals surface area contributed by atoms with E-state index in [4.69, 9.17) is 10.2 Å². The van der Waals surface area contributed by atoms with Gasteiger partial charge in [0.2, 0.25) is 5.91 Å². The third-order valence-corrected chi connectivity index (χ3v) is 4.15. The van der Waals surface area contributed by atoms with E-state index in [1.165, 1.54) is 0 Å². The monoisotopic (exact) mass is 380 g/mol. The van der Waals surface area contributed by atoms with E-state index in [2.05, 4.69) is 11.4 Å². The van der Waals surface area contributed by atoms with Crippen LogP contribution in [0, 0.1) is 11.3 Å². The molecular weight excluding hydrogens is 360 g/mol. The number of hydrogen-bond donors (Lipinski definition) is 3. The summed E-state index contributed by atoms with van der Waals surface area (Å²) < 4.78 is 0. The van der Waals surface area contributed by atoms with Crippen molar-refractivity contribution in [2.75, 3.05) is 0 Å². The summed E-state index contributed by atoms with van der Waals surface area (Å²) >= 11 is 0. The van der Waals surface area contributed by atoms with Crippen LogP contribution >= 0.6 is 0 Å². The number of carboxylic acids is 2. The molecule has 3 N–H and O–H groups in total. The summed E-state index contributed by atoms with van der Waals surface area (Å²) in [5.74, 6) is -2.63. The number of carboxylic acid groups (broad SMARTS) is 2. The van der Waals surface area contributed by atoms with E-state index in [0.717, 1.165) is 16.7 Å². The third-order valence-electron chi connectivity index (χ3n) is 4.15. The highest BCUT2D eigenvalue weighted by Gasteiger charge is 2.17. The van der Waals surface area contributed by atoms with Crippen molar-refractivity contribution in [2.24, 2.45) is 0 Å². The van der Waals surface area contributed by atoms with Gasteiger partial charge in [0.15, 0.2) is 0 Å². The molecule has 7 nitrogen and oxygen atoms in total. The standard InChI is InChI=1S/C21H20N2O5/c22-13-16-3-1-2-4-18(16)15-7-5-14(6-8-15)11-17(12-21(27)28)23-19(24)9-10-20(25)26/h1-8,17H,9-12H2,(H,23,24)(H,25,26)(H,27,28). The molecule has 7 heteroatoms. The molecule has 0 saturated heterocycles. The minimum Gasteiger partial charge on any atom is -0.481 e. The van der Waals surface area contributed by atoms with Crippen LogP contribution in [-0.2, 0) is 20.8 Å². The van der Waals surface area contributed by atoms with Crippen LogP contribution in [0.15, 0.2) is 48.5 Å². The Morgan fingerprint density at radius 1 is 0.964 bits per heavy atom. The number of hydrogen-bond acceptors (Lipinski definition) is 4. The highest BCUT2D eigenvalue weighted by Crippen LogP contribution is 2.24. The number of amides is 1. The fourth-order valence-corrected chi connectivity index (χ4v) is 2.84. The van der Waals surface area contributed by atoms with Gasteiger partial charge in [-0.3, -0.25) is 14.4 Å². The lowest BCUT2D eigenvalue weighted by atomic mass is 9.97. The van der Waals surface area contributed by atoms with E-state index in [1.807, 2.05) is 36.4 Å². The smallest absolute Gasteiger partial charge is 0.305 e. The van der Waals surface area contributed by atoms with Gasteiger partial charge in [0, 0.05) is 12.5 Å². The molecule has 28 heavy (non-hydrogen) atoms. The summed E-state index contributed by atoms with van der Waals surface area (Å²) in [6.45, 7) is 0. The Bertz CT molecular complexity index is 900. The number of nitrogens with one attached hydrogen (secondary N) is 1. The van der Waals surface area contributed by atoms with Crippen LogP contribution in [0.3, 0.4) is 0 Å². The summed E-state index contributed by atoms with van der Waals surface area (Å²) in [6, 6.07) is 16.1. The largest absolute Gasteiger partial charge is 0.481 e. The maximum atomic E-state index is 11.8. The normalized spacial score (nSPS) is 11.2. The first-order chi connectivity index (χ1) is 13.4. The Morgan fingerprint density at radius 3 is 2.25 bits per heavy atom. The first-order valence-corrected chi connectivity index (χ1v) is 8.70. The van der Waals surface area contributed by atoms with Gasteiger partial charge in [-0.2, -0.15) is 5.26 Å². The summed E-state index contributed by atoms with van der Waals surface area (Å²) in [4.78, 5) is 33.5. The van der Waals surface area contributed by atoms with E-state index in [9.17, 15) is 19.6 Å². The summed E-state index contributed by atoms with van der Waals surface area (Å²) in [5, 5.41) is 29.5. The van der Waals surface area contributed by atoms with Crippen molar-refractivity contribution >= 4 is 17.8 Å². The van der Waals surface area contributed by atoms with Gasteiger partial charge < -0.3 is 15.5 Å². The lowest BCUT2D eigenvalue weighted by Crippen LogP contribution is -2.38. The maximum absolute atomic E-state index is 11.8. The Morgan fingerprint density at radius 2 is 1.64 bits per heavy atom. The molecule has 0 bridgehead atoms. The van der Waals surface area contributed by atoms with Gasteiger partial charge in [-0.15, -0.1) is 0 Å². The molecule has 1 amide bonds. The number of carbonyl (C=O) groups excluding carboxylic acids is 1. The van der Waals surface area contributed by atoms with E-state index in [1.54, 1.807) is 12.1 Å². The predicted octanol–water partition coefficient (Wildman–Crippen LogP) is 2.59. The second kappa shape index (κ2) is 9.88. The number of benzene rings is 2. The zero-order valence-electron chi connectivity index (χ0n) is 15.1. The van der Waals surface area contributed by atoms with Crippen LogP contribution in [0.5, 0.6) is 0 Å². The van der Waals surface area contributed by atoms with Gasteiger partial charge in [0.1, 0.15) is 0 Å². The molecule has 0 aromatic heterocycles. The molecule has 0 saturated carbocycles. The van der Waals surface area contributed by atoms with Crippen molar-refractivity contribution in [2.45, 2.75) is 31.7 Å².